The first-order valence-corrected chi connectivity index (χ1v) is 16.3. The molecule has 0 aliphatic rings. The highest BCUT2D eigenvalue weighted by molar-refractivity contribution is 7.98. The van der Waals surface area contributed by atoms with Crippen LogP contribution >= 0.6 is 11.8 Å². The van der Waals surface area contributed by atoms with Crippen molar-refractivity contribution in [3.8, 4) is 22.6 Å². The number of nitrogens with zero attached hydrogens (tertiary/aromatic N) is 7. The standard InChI is InChI=1S/C36H32FN7O2S/c1-45-28-15-11-24(12-16-28)21-42(36-41-35(47-3)40-34-30(20-38-44(34)36)26-7-6-8-27(37)19-26)23-33-39-31-9-4-5-10-32(31)43(33)22-25-13-17-29(46-2)18-14-25/h4-20H,21-23H2,1-3H3. The Balaban J connectivity index is 1.36. The molecular weight excluding hydrogens is 614 g/mol. The van der Waals surface area contributed by atoms with E-state index in [-0.39, 0.29) is 5.82 Å². The third-order valence-electron chi connectivity index (χ3n) is 8.03. The minimum absolute atomic E-state index is 0.321. The normalized spacial score (nSPS) is 11.3. The van der Waals surface area contributed by atoms with Crippen LogP contribution in [0.1, 0.15) is 17.0 Å². The van der Waals surface area contributed by atoms with Crippen LogP contribution < -0.4 is 14.4 Å². The van der Waals surface area contributed by atoms with Gasteiger partial charge in [0.15, 0.2) is 10.8 Å². The highest BCUT2D eigenvalue weighted by Gasteiger charge is 2.23. The van der Waals surface area contributed by atoms with Gasteiger partial charge in [0.1, 0.15) is 23.1 Å². The number of para-hydroxylation sites is 2. The zero-order valence-electron chi connectivity index (χ0n) is 26.2. The van der Waals surface area contributed by atoms with E-state index >= 15 is 0 Å². The first kappa shape index (κ1) is 30.2. The number of halogens is 1. The molecule has 7 rings (SSSR count). The number of benzene rings is 4. The Hall–Kier alpha value is -5.42. The minimum Gasteiger partial charge on any atom is -0.497 e. The molecule has 3 aromatic heterocycles. The second-order valence-corrected chi connectivity index (χ2v) is 11.7. The molecule has 4 aromatic carbocycles. The molecule has 0 aliphatic heterocycles. The number of aromatic nitrogens is 6. The molecule has 7 aromatic rings. The van der Waals surface area contributed by atoms with Gasteiger partial charge >= 0.3 is 0 Å². The van der Waals surface area contributed by atoms with Crippen molar-refractivity contribution in [1.82, 2.24) is 29.1 Å². The maximum absolute atomic E-state index is 14.3. The number of thioether (sulfide) groups is 1. The maximum atomic E-state index is 14.3. The quantitative estimate of drug-likeness (QED) is 0.136. The highest BCUT2D eigenvalue weighted by Crippen LogP contribution is 2.30. The number of anilines is 1. The fourth-order valence-corrected chi connectivity index (χ4v) is 6.01. The molecule has 0 bridgehead atoms. The fourth-order valence-electron chi connectivity index (χ4n) is 5.66. The summed E-state index contributed by atoms with van der Waals surface area (Å²) in [4.78, 5) is 17.1. The molecule has 11 heteroatoms. The van der Waals surface area contributed by atoms with Gasteiger partial charge in [0.05, 0.1) is 38.0 Å². The Morgan fingerprint density at radius 2 is 1.51 bits per heavy atom. The van der Waals surface area contributed by atoms with E-state index in [2.05, 4.69) is 27.7 Å². The molecule has 0 saturated carbocycles. The van der Waals surface area contributed by atoms with Gasteiger partial charge in [0.25, 0.3) is 0 Å². The van der Waals surface area contributed by atoms with Gasteiger partial charge in [-0.2, -0.15) is 14.6 Å². The number of methoxy groups -OCH3 is 2. The van der Waals surface area contributed by atoms with E-state index in [9.17, 15) is 4.39 Å². The molecule has 0 fully saturated rings. The summed E-state index contributed by atoms with van der Waals surface area (Å²) >= 11 is 1.44. The molecular formula is C36H32FN7O2S. The Kier molecular flexibility index (Phi) is 8.45. The van der Waals surface area contributed by atoms with Gasteiger partial charge in [-0.3, -0.25) is 0 Å². The molecule has 0 N–H and O–H groups in total. The van der Waals surface area contributed by atoms with Crippen LogP contribution in [0, 0.1) is 5.82 Å². The van der Waals surface area contributed by atoms with E-state index in [0.717, 1.165) is 45.0 Å². The van der Waals surface area contributed by atoms with Crippen molar-refractivity contribution in [2.75, 3.05) is 25.4 Å². The van der Waals surface area contributed by atoms with Crippen molar-refractivity contribution >= 4 is 34.4 Å². The van der Waals surface area contributed by atoms with Crippen LogP contribution in [-0.4, -0.2) is 49.6 Å². The lowest BCUT2D eigenvalue weighted by Gasteiger charge is -2.25. The van der Waals surface area contributed by atoms with Crippen molar-refractivity contribution in [2.24, 2.45) is 0 Å². The summed E-state index contributed by atoms with van der Waals surface area (Å²) in [6, 6.07) is 30.7. The smallest absolute Gasteiger partial charge is 0.231 e. The summed E-state index contributed by atoms with van der Waals surface area (Å²) in [5, 5.41) is 5.32. The lowest BCUT2D eigenvalue weighted by atomic mass is 10.1. The molecule has 0 aliphatic carbocycles. The number of imidazole rings is 1. The van der Waals surface area contributed by atoms with Crippen LogP contribution in [0.5, 0.6) is 11.5 Å². The Morgan fingerprint density at radius 3 is 2.21 bits per heavy atom. The van der Waals surface area contributed by atoms with Gasteiger partial charge < -0.3 is 18.9 Å². The van der Waals surface area contributed by atoms with E-state index in [4.69, 9.17) is 29.5 Å². The van der Waals surface area contributed by atoms with Crippen molar-refractivity contribution in [3.05, 3.63) is 126 Å². The number of rotatable bonds is 11. The van der Waals surface area contributed by atoms with Gasteiger partial charge in [0, 0.05) is 18.7 Å². The van der Waals surface area contributed by atoms with E-state index in [1.54, 1.807) is 31.0 Å². The summed E-state index contributed by atoms with van der Waals surface area (Å²) in [6.45, 7) is 1.55. The number of ether oxygens (including phenoxy) is 2. The summed E-state index contributed by atoms with van der Waals surface area (Å²) in [5.74, 6) is 2.73. The predicted octanol–water partition coefficient (Wildman–Crippen LogP) is 7.27. The van der Waals surface area contributed by atoms with Gasteiger partial charge in [-0.1, -0.05) is 60.3 Å². The number of hydrogen-bond donors (Lipinski definition) is 0. The summed E-state index contributed by atoms with van der Waals surface area (Å²) in [5.41, 5.74) is 6.13. The monoisotopic (exact) mass is 645 g/mol. The summed E-state index contributed by atoms with van der Waals surface area (Å²) < 4.78 is 29.1. The van der Waals surface area contributed by atoms with Crippen LogP contribution in [0.3, 0.4) is 0 Å². The molecule has 3 heterocycles. The van der Waals surface area contributed by atoms with Crippen molar-refractivity contribution < 1.29 is 13.9 Å². The second-order valence-electron chi connectivity index (χ2n) is 11.0. The topological polar surface area (TPSA) is 82.6 Å². The number of fused-ring (bicyclic) bond motifs is 2. The summed E-state index contributed by atoms with van der Waals surface area (Å²) in [6.07, 6.45) is 3.66. The Labute approximate surface area is 275 Å². The van der Waals surface area contributed by atoms with Crippen molar-refractivity contribution in [2.45, 2.75) is 24.8 Å². The lowest BCUT2D eigenvalue weighted by Crippen LogP contribution is -2.28. The van der Waals surface area contributed by atoms with Gasteiger partial charge in [0.2, 0.25) is 5.95 Å². The molecule has 0 atom stereocenters. The van der Waals surface area contributed by atoms with Crippen LogP contribution in [0.2, 0.25) is 0 Å². The molecule has 9 nitrogen and oxygen atoms in total. The number of hydrogen-bond acceptors (Lipinski definition) is 8. The molecule has 0 saturated heterocycles. The highest BCUT2D eigenvalue weighted by atomic mass is 32.2. The zero-order valence-corrected chi connectivity index (χ0v) is 27.0. The minimum atomic E-state index is -0.321. The van der Waals surface area contributed by atoms with Crippen LogP contribution in [0.25, 0.3) is 27.8 Å². The van der Waals surface area contributed by atoms with E-state index in [1.165, 1.54) is 23.9 Å². The molecule has 236 valence electrons. The van der Waals surface area contributed by atoms with E-state index in [0.29, 0.717) is 41.9 Å². The van der Waals surface area contributed by atoms with Crippen molar-refractivity contribution in [1.29, 1.82) is 0 Å². The van der Waals surface area contributed by atoms with Crippen molar-refractivity contribution in [3.63, 3.8) is 0 Å². The van der Waals surface area contributed by atoms with Crippen LogP contribution in [0.15, 0.2) is 108 Å². The Bertz CT molecular complexity index is 2160. The molecule has 0 radical (unpaired) electrons. The molecule has 0 spiro atoms. The third-order valence-corrected chi connectivity index (χ3v) is 8.58. The second kappa shape index (κ2) is 13.1. The Morgan fingerprint density at radius 1 is 0.787 bits per heavy atom. The van der Waals surface area contributed by atoms with Crippen LogP contribution in [0.4, 0.5) is 10.3 Å². The van der Waals surface area contributed by atoms with Gasteiger partial charge in [-0.05, 0) is 71.5 Å². The van der Waals surface area contributed by atoms with Gasteiger partial charge in [-0.25, -0.2) is 14.4 Å². The third kappa shape index (κ3) is 6.22. The SMILES string of the molecule is COc1ccc(CN(Cc2nc3ccccc3n2Cc2ccc(OC)cc2)c2nc(SC)nc3c(-c4cccc(F)c4)cnn23)cc1. The molecule has 0 unspecified atom stereocenters. The van der Waals surface area contributed by atoms with Crippen LogP contribution in [-0.2, 0) is 19.6 Å². The van der Waals surface area contributed by atoms with E-state index in [1.807, 2.05) is 66.9 Å². The average molecular weight is 646 g/mol. The average Bonchev–Trinajstić information content (AvgIpc) is 3.69. The molecule has 0 amide bonds. The summed E-state index contributed by atoms with van der Waals surface area (Å²) in [7, 11) is 3.32. The largest absolute Gasteiger partial charge is 0.497 e. The predicted molar refractivity (Wildman–Crippen MR) is 183 cm³/mol. The first-order chi connectivity index (χ1) is 23.0. The fraction of sp³-hybridized carbons (Fsp3) is 0.167. The maximum Gasteiger partial charge on any atom is 0.231 e. The molecule has 47 heavy (non-hydrogen) atoms. The lowest BCUT2D eigenvalue weighted by molar-refractivity contribution is 0.414. The van der Waals surface area contributed by atoms with E-state index < -0.39 is 0 Å². The zero-order chi connectivity index (χ0) is 32.3. The first-order valence-electron chi connectivity index (χ1n) is 15.0. The van der Waals surface area contributed by atoms with Gasteiger partial charge in [-0.15, -0.1) is 0 Å².